The number of rotatable bonds is 3. The van der Waals surface area contributed by atoms with E-state index in [4.69, 9.17) is 0 Å². The predicted molar refractivity (Wildman–Crippen MR) is 87.7 cm³/mol. The Balaban J connectivity index is 1.66. The van der Waals surface area contributed by atoms with E-state index in [1.165, 1.54) is 11.3 Å². The fraction of sp³-hybridized carbons (Fsp3) is 0.643. The van der Waals surface area contributed by atoms with Crippen LogP contribution >= 0.6 is 11.3 Å². The Kier molecular flexibility index (Phi) is 4.40. The predicted octanol–water partition coefficient (Wildman–Crippen LogP) is 1.60. The molecule has 0 atom stereocenters. The van der Waals surface area contributed by atoms with Crippen LogP contribution in [0.4, 0.5) is 5.13 Å². The van der Waals surface area contributed by atoms with Gasteiger partial charge in [-0.1, -0.05) is 37.3 Å². The first kappa shape index (κ1) is 16.0. The molecule has 0 saturated carbocycles. The lowest BCUT2D eigenvalue weighted by Gasteiger charge is -2.21. The zero-order valence-corrected chi connectivity index (χ0v) is 14.4. The van der Waals surface area contributed by atoms with E-state index in [1.807, 2.05) is 0 Å². The summed E-state index contributed by atoms with van der Waals surface area (Å²) in [4.78, 5) is 12.3. The fourth-order valence-electron chi connectivity index (χ4n) is 2.37. The number of piperidine rings is 1. The molecule has 3 heterocycles. The van der Waals surface area contributed by atoms with Crippen molar-refractivity contribution in [2.45, 2.75) is 45.1 Å². The van der Waals surface area contributed by atoms with E-state index in [-0.39, 0.29) is 11.3 Å². The molecule has 9 heteroatoms. The van der Waals surface area contributed by atoms with Crippen molar-refractivity contribution in [3.8, 4) is 0 Å². The van der Waals surface area contributed by atoms with E-state index in [0.717, 1.165) is 30.9 Å². The molecule has 1 saturated heterocycles. The first-order chi connectivity index (χ1) is 10.9. The van der Waals surface area contributed by atoms with Gasteiger partial charge in [0.2, 0.25) is 5.13 Å². The molecule has 1 aliphatic heterocycles. The average Bonchev–Trinajstić information content (AvgIpc) is 3.16. The van der Waals surface area contributed by atoms with Gasteiger partial charge in [-0.2, -0.15) is 0 Å². The van der Waals surface area contributed by atoms with Gasteiger partial charge in [0.25, 0.3) is 5.91 Å². The number of carbonyl (C=O) groups excluding carboxylic acids is 1. The summed E-state index contributed by atoms with van der Waals surface area (Å²) >= 11 is 1.38. The van der Waals surface area contributed by atoms with Crippen LogP contribution in [0.2, 0.25) is 0 Å². The maximum atomic E-state index is 12.3. The van der Waals surface area contributed by atoms with Gasteiger partial charge in [0.1, 0.15) is 5.01 Å². The maximum absolute atomic E-state index is 12.3. The average molecular weight is 335 g/mol. The van der Waals surface area contributed by atoms with Crippen molar-refractivity contribution in [2.24, 2.45) is 0 Å². The second kappa shape index (κ2) is 6.32. The molecule has 0 bridgehead atoms. The van der Waals surface area contributed by atoms with Gasteiger partial charge in [-0.05, 0) is 25.9 Å². The fourth-order valence-corrected chi connectivity index (χ4v) is 3.16. The summed E-state index contributed by atoms with van der Waals surface area (Å²) < 4.78 is 1.79. The smallest absolute Gasteiger partial charge is 0.279 e. The van der Waals surface area contributed by atoms with Gasteiger partial charge in [-0.15, -0.1) is 15.3 Å². The molecule has 0 spiro atoms. The lowest BCUT2D eigenvalue weighted by Crippen LogP contribution is -2.29. The van der Waals surface area contributed by atoms with Gasteiger partial charge in [-0.25, -0.2) is 4.68 Å². The van der Waals surface area contributed by atoms with Crippen LogP contribution in [-0.2, 0) is 5.41 Å². The minimum absolute atomic E-state index is 0.0845. The van der Waals surface area contributed by atoms with E-state index in [9.17, 15) is 4.79 Å². The molecule has 1 aliphatic rings. The standard InChI is InChI=1S/C14H21N7OS/c1-14(2,3)12-18-19-13(23-12)16-11(22)10-8-21(20-17-10)9-4-6-15-7-5-9/h8-9,15H,4-7H2,1-3H3,(H,16,19,22). The third-order valence-electron chi connectivity index (χ3n) is 3.71. The van der Waals surface area contributed by atoms with Gasteiger partial charge in [0.15, 0.2) is 5.69 Å². The quantitative estimate of drug-likeness (QED) is 0.884. The van der Waals surface area contributed by atoms with E-state index in [1.54, 1.807) is 10.9 Å². The van der Waals surface area contributed by atoms with Gasteiger partial charge in [0, 0.05) is 5.41 Å². The molecule has 2 N–H and O–H groups in total. The van der Waals surface area contributed by atoms with E-state index in [0.29, 0.717) is 16.9 Å². The second-order valence-corrected chi connectivity index (χ2v) is 7.66. The van der Waals surface area contributed by atoms with Crippen LogP contribution in [0.1, 0.15) is 55.2 Å². The topological polar surface area (TPSA) is 97.6 Å². The number of anilines is 1. The van der Waals surface area contributed by atoms with Crippen LogP contribution in [0.3, 0.4) is 0 Å². The minimum Gasteiger partial charge on any atom is -0.317 e. The van der Waals surface area contributed by atoms with Crippen molar-refractivity contribution < 1.29 is 4.79 Å². The van der Waals surface area contributed by atoms with Crippen molar-refractivity contribution >= 4 is 22.4 Å². The Bertz CT molecular complexity index is 681. The highest BCUT2D eigenvalue weighted by Gasteiger charge is 2.22. The zero-order valence-electron chi connectivity index (χ0n) is 13.5. The summed E-state index contributed by atoms with van der Waals surface area (Å²) in [7, 11) is 0. The van der Waals surface area contributed by atoms with Gasteiger partial charge in [-0.3, -0.25) is 10.1 Å². The summed E-state index contributed by atoms with van der Waals surface area (Å²) in [6, 6.07) is 0.305. The van der Waals surface area contributed by atoms with Crippen molar-refractivity contribution in [3.05, 3.63) is 16.9 Å². The van der Waals surface area contributed by atoms with Gasteiger partial charge >= 0.3 is 0 Å². The number of nitrogens with one attached hydrogen (secondary N) is 2. The molecular formula is C14H21N7OS. The molecule has 23 heavy (non-hydrogen) atoms. The Morgan fingerprint density at radius 3 is 2.70 bits per heavy atom. The highest BCUT2D eigenvalue weighted by molar-refractivity contribution is 7.15. The lowest BCUT2D eigenvalue weighted by molar-refractivity contribution is 0.102. The molecule has 2 aromatic heterocycles. The molecule has 8 nitrogen and oxygen atoms in total. The van der Waals surface area contributed by atoms with Crippen LogP contribution in [0.5, 0.6) is 0 Å². The number of carbonyl (C=O) groups is 1. The summed E-state index contributed by atoms with van der Waals surface area (Å²) in [5.74, 6) is -0.304. The highest BCUT2D eigenvalue weighted by Crippen LogP contribution is 2.27. The number of amides is 1. The van der Waals surface area contributed by atoms with Crippen molar-refractivity contribution in [1.82, 2.24) is 30.5 Å². The number of hydrogen-bond acceptors (Lipinski definition) is 7. The minimum atomic E-state index is -0.304. The SMILES string of the molecule is CC(C)(C)c1nnc(NC(=O)c2cn(C3CCNCC3)nn2)s1. The molecule has 0 unspecified atom stereocenters. The van der Waals surface area contributed by atoms with Crippen molar-refractivity contribution in [1.29, 1.82) is 0 Å². The van der Waals surface area contributed by atoms with E-state index < -0.39 is 0 Å². The van der Waals surface area contributed by atoms with E-state index in [2.05, 4.69) is 51.9 Å². The Morgan fingerprint density at radius 1 is 1.30 bits per heavy atom. The summed E-state index contributed by atoms with van der Waals surface area (Å²) in [6.45, 7) is 8.11. The molecule has 3 rings (SSSR count). The molecule has 0 aliphatic carbocycles. The number of hydrogen-bond donors (Lipinski definition) is 2. The third kappa shape index (κ3) is 3.73. The summed E-state index contributed by atoms with van der Waals surface area (Å²) in [5.41, 5.74) is 0.217. The van der Waals surface area contributed by atoms with Crippen LogP contribution in [0.25, 0.3) is 0 Å². The molecule has 0 aromatic carbocycles. The highest BCUT2D eigenvalue weighted by atomic mass is 32.1. The monoisotopic (exact) mass is 335 g/mol. The normalized spacial score (nSPS) is 16.5. The second-order valence-electron chi connectivity index (χ2n) is 6.68. The summed E-state index contributed by atoms with van der Waals surface area (Å²) in [6.07, 6.45) is 3.70. The van der Waals surface area contributed by atoms with Crippen molar-refractivity contribution in [3.63, 3.8) is 0 Å². The first-order valence-corrected chi connectivity index (χ1v) is 8.53. The van der Waals surface area contributed by atoms with E-state index >= 15 is 0 Å². The molecule has 1 amide bonds. The van der Waals surface area contributed by atoms with Crippen molar-refractivity contribution in [2.75, 3.05) is 18.4 Å². The molecule has 2 aromatic rings. The zero-order chi connectivity index (χ0) is 16.4. The Hall–Kier alpha value is -1.87. The van der Waals surface area contributed by atoms with Crippen LogP contribution in [0, 0.1) is 0 Å². The largest absolute Gasteiger partial charge is 0.317 e. The number of aromatic nitrogens is 5. The molecule has 0 radical (unpaired) electrons. The molecule has 124 valence electrons. The first-order valence-electron chi connectivity index (χ1n) is 7.71. The molecule has 1 fully saturated rings. The van der Waals surface area contributed by atoms with Gasteiger partial charge < -0.3 is 5.32 Å². The molecular weight excluding hydrogens is 314 g/mol. The van der Waals surface area contributed by atoms with Gasteiger partial charge in [0.05, 0.1) is 12.2 Å². The summed E-state index contributed by atoms with van der Waals surface area (Å²) in [5, 5.41) is 23.6. The number of nitrogens with zero attached hydrogens (tertiary/aromatic N) is 5. The third-order valence-corrected chi connectivity index (χ3v) is 4.98. The maximum Gasteiger partial charge on any atom is 0.279 e. The lowest BCUT2D eigenvalue weighted by atomic mass is 9.98. The Labute approximate surface area is 138 Å². The van der Waals surface area contributed by atoms with Crippen LogP contribution < -0.4 is 10.6 Å². The Morgan fingerprint density at radius 2 is 2.04 bits per heavy atom. The van der Waals surface area contributed by atoms with Crippen LogP contribution in [-0.4, -0.2) is 44.2 Å². The van der Waals surface area contributed by atoms with Crippen LogP contribution in [0.15, 0.2) is 6.20 Å².